The topological polar surface area (TPSA) is 12.0 Å². The summed E-state index contributed by atoms with van der Waals surface area (Å²) in [5, 5.41) is 4.27. The maximum absolute atomic E-state index is 6.06. The van der Waals surface area contributed by atoms with Crippen LogP contribution in [0, 0.1) is 0 Å². The van der Waals surface area contributed by atoms with E-state index in [2.05, 4.69) is 41.7 Å². The number of hydrogen-bond acceptors (Lipinski definition) is 1. The Morgan fingerprint density at radius 2 is 2.24 bits per heavy atom. The highest BCUT2D eigenvalue weighted by atomic mass is 79.9. The van der Waals surface area contributed by atoms with Gasteiger partial charge in [-0.2, -0.15) is 0 Å². The van der Waals surface area contributed by atoms with Crippen LogP contribution in [0.4, 0.5) is 0 Å². The summed E-state index contributed by atoms with van der Waals surface area (Å²) >= 11 is 9.64. The fourth-order valence-electron chi connectivity index (χ4n) is 1.79. The van der Waals surface area contributed by atoms with Crippen molar-refractivity contribution >= 4 is 27.5 Å². The van der Waals surface area contributed by atoms with Crippen LogP contribution in [0.3, 0.4) is 0 Å². The molecule has 17 heavy (non-hydrogen) atoms. The van der Waals surface area contributed by atoms with Crippen LogP contribution in [0.1, 0.15) is 38.3 Å². The van der Waals surface area contributed by atoms with E-state index in [-0.39, 0.29) is 0 Å². The summed E-state index contributed by atoms with van der Waals surface area (Å²) in [6.07, 6.45) is 2.07. The van der Waals surface area contributed by atoms with Crippen LogP contribution in [0.25, 0.3) is 0 Å². The maximum Gasteiger partial charge on any atom is 0.0410 e. The molecule has 1 aromatic carbocycles. The lowest BCUT2D eigenvalue weighted by molar-refractivity contribution is 0.513. The molecule has 0 aliphatic carbocycles. The highest BCUT2D eigenvalue weighted by molar-refractivity contribution is 9.10. The van der Waals surface area contributed by atoms with Crippen molar-refractivity contribution in [2.24, 2.45) is 0 Å². The van der Waals surface area contributed by atoms with E-state index in [1.807, 2.05) is 18.2 Å². The minimum absolute atomic E-state index is 0.324. The fraction of sp³-hybridized carbons (Fsp3) is 0.429. The van der Waals surface area contributed by atoms with Crippen LogP contribution in [-0.2, 0) is 0 Å². The molecular formula is C14H19BrClN. The number of allylic oxidation sites excluding steroid dienone is 1. The first-order valence-corrected chi connectivity index (χ1v) is 7.04. The molecule has 3 heteroatoms. The second kappa shape index (κ2) is 7.20. The van der Waals surface area contributed by atoms with Gasteiger partial charge in [-0.05, 0) is 50.1 Å². The van der Waals surface area contributed by atoms with E-state index in [9.17, 15) is 0 Å². The molecule has 1 aromatic rings. The molecule has 1 rings (SSSR count). The van der Waals surface area contributed by atoms with E-state index in [0.717, 1.165) is 28.9 Å². The van der Waals surface area contributed by atoms with E-state index in [1.54, 1.807) is 0 Å². The fourth-order valence-corrected chi connectivity index (χ4v) is 2.49. The van der Waals surface area contributed by atoms with Gasteiger partial charge >= 0.3 is 0 Å². The third-order valence-electron chi connectivity index (χ3n) is 2.64. The summed E-state index contributed by atoms with van der Waals surface area (Å²) in [7, 11) is 0. The van der Waals surface area contributed by atoms with Gasteiger partial charge in [0.15, 0.2) is 0 Å². The monoisotopic (exact) mass is 315 g/mol. The lowest BCUT2D eigenvalue weighted by Crippen LogP contribution is -2.21. The zero-order valence-electron chi connectivity index (χ0n) is 10.4. The van der Waals surface area contributed by atoms with E-state index < -0.39 is 0 Å². The third-order valence-corrected chi connectivity index (χ3v) is 3.60. The second-order valence-electron chi connectivity index (χ2n) is 4.27. The molecular weight excluding hydrogens is 298 g/mol. The number of hydrogen-bond donors (Lipinski definition) is 1. The Bertz CT molecular complexity index is 390. The van der Waals surface area contributed by atoms with Crippen LogP contribution in [0.2, 0.25) is 5.02 Å². The van der Waals surface area contributed by atoms with Crippen molar-refractivity contribution in [3.05, 3.63) is 45.4 Å². The first-order valence-electron chi connectivity index (χ1n) is 5.87. The third kappa shape index (κ3) is 4.82. The Balaban J connectivity index is 2.87. The highest BCUT2D eigenvalue weighted by Gasteiger charge is 2.13. The van der Waals surface area contributed by atoms with Crippen molar-refractivity contribution in [1.82, 2.24) is 5.32 Å². The predicted molar refractivity (Wildman–Crippen MR) is 79.6 cm³/mol. The van der Waals surface area contributed by atoms with Gasteiger partial charge in [-0.25, -0.2) is 0 Å². The normalized spacial score (nSPS) is 12.5. The maximum atomic E-state index is 6.06. The van der Waals surface area contributed by atoms with Gasteiger partial charge < -0.3 is 5.32 Å². The van der Waals surface area contributed by atoms with Crippen LogP contribution in [-0.4, -0.2) is 6.54 Å². The van der Waals surface area contributed by atoms with Gasteiger partial charge in [0.05, 0.1) is 0 Å². The summed E-state index contributed by atoms with van der Waals surface area (Å²) in [5.41, 5.74) is 2.44. The van der Waals surface area contributed by atoms with Gasteiger partial charge in [-0.1, -0.05) is 40.0 Å². The predicted octanol–water partition coefficient (Wildman–Crippen LogP) is 5.11. The van der Waals surface area contributed by atoms with E-state index in [4.69, 9.17) is 11.6 Å². The van der Waals surface area contributed by atoms with Gasteiger partial charge in [-0.3, -0.25) is 0 Å². The summed E-state index contributed by atoms with van der Waals surface area (Å²) < 4.78 is 1.11. The van der Waals surface area contributed by atoms with Crippen LogP contribution < -0.4 is 5.32 Å². The van der Waals surface area contributed by atoms with Crippen LogP contribution in [0.15, 0.2) is 34.8 Å². The average Bonchev–Trinajstić information content (AvgIpc) is 2.27. The molecule has 0 bridgehead atoms. The molecule has 0 radical (unpaired) electrons. The first kappa shape index (κ1) is 14.7. The molecule has 0 fully saturated rings. The van der Waals surface area contributed by atoms with Crippen molar-refractivity contribution in [3.8, 4) is 0 Å². The minimum atomic E-state index is 0.324. The Morgan fingerprint density at radius 3 is 2.82 bits per heavy atom. The molecule has 0 saturated carbocycles. The summed E-state index contributed by atoms with van der Waals surface area (Å²) in [5.74, 6) is 0. The first-order chi connectivity index (χ1) is 8.04. The zero-order chi connectivity index (χ0) is 12.8. The quantitative estimate of drug-likeness (QED) is 0.719. The Morgan fingerprint density at radius 1 is 1.53 bits per heavy atom. The molecule has 0 amide bonds. The van der Waals surface area contributed by atoms with Crippen molar-refractivity contribution in [1.29, 1.82) is 0 Å². The second-order valence-corrected chi connectivity index (χ2v) is 5.56. The average molecular weight is 317 g/mol. The lowest BCUT2D eigenvalue weighted by Gasteiger charge is -2.20. The molecule has 94 valence electrons. The standard InChI is InChI=1S/C14H19BrClN/c1-4-17-14(8-5-10(2)3)12-9-11(16)6-7-13(12)15/h6-7,9,14,17H,2,4-5,8H2,1,3H3. The highest BCUT2D eigenvalue weighted by Crippen LogP contribution is 2.29. The number of benzene rings is 1. The number of rotatable bonds is 6. The molecule has 0 aliphatic rings. The van der Waals surface area contributed by atoms with Crippen LogP contribution in [0.5, 0.6) is 0 Å². The largest absolute Gasteiger partial charge is 0.310 e. The molecule has 0 saturated heterocycles. The van der Waals surface area contributed by atoms with Gasteiger partial charge in [0.25, 0.3) is 0 Å². The van der Waals surface area contributed by atoms with E-state index in [1.165, 1.54) is 11.1 Å². The van der Waals surface area contributed by atoms with Gasteiger partial charge in [0.1, 0.15) is 0 Å². The van der Waals surface area contributed by atoms with Crippen molar-refractivity contribution < 1.29 is 0 Å². The van der Waals surface area contributed by atoms with E-state index in [0.29, 0.717) is 6.04 Å². The van der Waals surface area contributed by atoms with Gasteiger partial charge in [-0.15, -0.1) is 6.58 Å². The zero-order valence-corrected chi connectivity index (χ0v) is 12.7. The van der Waals surface area contributed by atoms with E-state index >= 15 is 0 Å². The summed E-state index contributed by atoms with van der Waals surface area (Å²) in [4.78, 5) is 0. The molecule has 0 aliphatic heterocycles. The van der Waals surface area contributed by atoms with Gasteiger partial charge in [0.2, 0.25) is 0 Å². The Kier molecular flexibility index (Phi) is 6.24. The number of halogens is 2. The molecule has 0 heterocycles. The Hall–Kier alpha value is -0.310. The summed E-state index contributed by atoms with van der Waals surface area (Å²) in [6.45, 7) is 9.08. The Labute approximate surface area is 117 Å². The molecule has 0 spiro atoms. The van der Waals surface area contributed by atoms with Crippen molar-refractivity contribution in [2.45, 2.75) is 32.7 Å². The molecule has 1 atom stereocenters. The minimum Gasteiger partial charge on any atom is -0.310 e. The SMILES string of the molecule is C=C(C)CCC(NCC)c1cc(Cl)ccc1Br. The molecule has 0 aromatic heterocycles. The van der Waals surface area contributed by atoms with Gasteiger partial charge in [0, 0.05) is 15.5 Å². The van der Waals surface area contributed by atoms with Crippen molar-refractivity contribution in [2.75, 3.05) is 6.54 Å². The molecule has 1 N–H and O–H groups in total. The lowest BCUT2D eigenvalue weighted by atomic mass is 10.00. The van der Waals surface area contributed by atoms with Crippen molar-refractivity contribution in [3.63, 3.8) is 0 Å². The van der Waals surface area contributed by atoms with Crippen LogP contribution >= 0.6 is 27.5 Å². The molecule has 1 unspecified atom stereocenters. The molecule has 1 nitrogen and oxygen atoms in total. The summed E-state index contributed by atoms with van der Waals surface area (Å²) in [6, 6.07) is 6.25. The number of nitrogens with one attached hydrogen (secondary N) is 1. The smallest absolute Gasteiger partial charge is 0.0410 e.